The number of hydrogen-bond donors (Lipinski definition) is 0. The highest BCUT2D eigenvalue weighted by atomic mass is 16.9. The summed E-state index contributed by atoms with van der Waals surface area (Å²) >= 11 is 0. The van der Waals surface area contributed by atoms with Crippen LogP contribution in [0.4, 0.5) is 4.79 Å². The molecule has 1 fully saturated rings. The van der Waals surface area contributed by atoms with Gasteiger partial charge >= 0.3 is 6.09 Å². The third-order valence-corrected chi connectivity index (χ3v) is 5.27. The van der Waals surface area contributed by atoms with Crippen molar-refractivity contribution in [1.29, 1.82) is 0 Å². The van der Waals surface area contributed by atoms with Crippen LogP contribution in [0.25, 0.3) is 16.7 Å². The van der Waals surface area contributed by atoms with E-state index in [1.54, 1.807) is 4.90 Å². The Morgan fingerprint density at radius 3 is 2.33 bits per heavy atom. The third kappa shape index (κ3) is 4.58. The number of amides is 1. The topological polar surface area (TPSA) is 48.0 Å². The van der Waals surface area contributed by atoms with Gasteiger partial charge in [0.2, 0.25) is 0 Å². The molecule has 2 aromatic rings. The lowest BCUT2D eigenvalue weighted by Gasteiger charge is -2.41. The molecule has 0 aliphatic carbocycles. The van der Waals surface area contributed by atoms with Gasteiger partial charge in [0.15, 0.2) is 12.6 Å². The fourth-order valence-electron chi connectivity index (χ4n) is 3.86. The molecule has 30 heavy (non-hydrogen) atoms. The van der Waals surface area contributed by atoms with Crippen LogP contribution in [-0.2, 0) is 14.2 Å². The lowest BCUT2D eigenvalue weighted by Crippen LogP contribution is -2.47. The van der Waals surface area contributed by atoms with Crippen LogP contribution in [0.3, 0.4) is 0 Å². The van der Waals surface area contributed by atoms with Gasteiger partial charge in [0.05, 0.1) is 6.54 Å². The molecule has 2 aliphatic rings. The van der Waals surface area contributed by atoms with Gasteiger partial charge in [-0.1, -0.05) is 48.5 Å². The molecule has 0 spiro atoms. The predicted octanol–water partition coefficient (Wildman–Crippen LogP) is 5.47. The standard InChI is InChI=1S/C25H29NO4/c1-17-28-23(29-17)22-16-26(24(27)30-25(2,3)4)14-13-21(22)20-12-8-11-19(15-20)18-9-6-5-7-10-18/h5-12,15,17,23H,13-14,16H2,1-4H3. The summed E-state index contributed by atoms with van der Waals surface area (Å²) < 4.78 is 17.2. The van der Waals surface area contributed by atoms with Gasteiger partial charge < -0.3 is 19.1 Å². The number of hydrogen-bond acceptors (Lipinski definition) is 4. The highest BCUT2D eigenvalue weighted by Crippen LogP contribution is 2.36. The Labute approximate surface area is 178 Å². The summed E-state index contributed by atoms with van der Waals surface area (Å²) in [4.78, 5) is 14.4. The average Bonchev–Trinajstić information content (AvgIpc) is 2.70. The molecule has 0 unspecified atom stereocenters. The van der Waals surface area contributed by atoms with Crippen molar-refractivity contribution in [1.82, 2.24) is 4.90 Å². The molecule has 0 N–H and O–H groups in total. The van der Waals surface area contributed by atoms with E-state index in [4.69, 9.17) is 14.2 Å². The Morgan fingerprint density at radius 1 is 1.00 bits per heavy atom. The van der Waals surface area contributed by atoms with Gasteiger partial charge in [-0.15, -0.1) is 0 Å². The summed E-state index contributed by atoms with van der Waals surface area (Å²) in [7, 11) is 0. The molecule has 2 heterocycles. The van der Waals surface area contributed by atoms with Crippen molar-refractivity contribution in [2.75, 3.05) is 13.1 Å². The van der Waals surface area contributed by atoms with E-state index in [0.29, 0.717) is 13.1 Å². The van der Waals surface area contributed by atoms with Gasteiger partial charge in [-0.25, -0.2) is 4.79 Å². The van der Waals surface area contributed by atoms with Crippen LogP contribution in [-0.4, -0.2) is 42.3 Å². The molecule has 4 rings (SSSR count). The lowest BCUT2D eigenvalue weighted by molar-refractivity contribution is -0.359. The van der Waals surface area contributed by atoms with E-state index < -0.39 is 11.9 Å². The maximum absolute atomic E-state index is 12.6. The molecule has 2 aromatic carbocycles. The van der Waals surface area contributed by atoms with Crippen molar-refractivity contribution in [3.63, 3.8) is 0 Å². The van der Waals surface area contributed by atoms with Crippen molar-refractivity contribution in [3.05, 3.63) is 65.7 Å². The van der Waals surface area contributed by atoms with Crippen molar-refractivity contribution in [2.45, 2.75) is 52.3 Å². The summed E-state index contributed by atoms with van der Waals surface area (Å²) in [5, 5.41) is 0. The number of ether oxygens (including phenoxy) is 3. The maximum Gasteiger partial charge on any atom is 0.410 e. The van der Waals surface area contributed by atoms with E-state index >= 15 is 0 Å². The second-order valence-electron chi connectivity index (χ2n) is 8.77. The Balaban J connectivity index is 1.65. The largest absolute Gasteiger partial charge is 0.444 e. The van der Waals surface area contributed by atoms with Crippen molar-refractivity contribution < 1.29 is 19.0 Å². The van der Waals surface area contributed by atoms with Crippen LogP contribution in [0.1, 0.15) is 39.7 Å². The van der Waals surface area contributed by atoms with Crippen molar-refractivity contribution in [3.8, 4) is 11.1 Å². The highest BCUT2D eigenvalue weighted by molar-refractivity contribution is 5.78. The van der Waals surface area contributed by atoms with Crippen LogP contribution < -0.4 is 0 Å². The van der Waals surface area contributed by atoms with Crippen LogP contribution >= 0.6 is 0 Å². The molecule has 1 saturated heterocycles. The molecule has 0 saturated carbocycles. The molecule has 2 aliphatic heterocycles. The Morgan fingerprint density at radius 2 is 1.67 bits per heavy atom. The molecule has 0 bridgehead atoms. The minimum Gasteiger partial charge on any atom is -0.444 e. The molecule has 5 nitrogen and oxygen atoms in total. The second-order valence-corrected chi connectivity index (χ2v) is 8.77. The molecule has 0 radical (unpaired) electrons. The number of carbonyl (C=O) groups is 1. The second kappa shape index (κ2) is 8.25. The summed E-state index contributed by atoms with van der Waals surface area (Å²) in [6, 6.07) is 18.8. The number of rotatable bonds is 3. The number of nitrogens with zero attached hydrogens (tertiary/aromatic N) is 1. The van der Waals surface area contributed by atoms with Gasteiger partial charge in [0, 0.05) is 12.1 Å². The first-order valence-electron chi connectivity index (χ1n) is 10.5. The SMILES string of the molecule is CC1OC(C2=C(c3cccc(-c4ccccc4)c3)CCN(C(=O)OC(C)(C)C)C2)O1. The first kappa shape index (κ1) is 20.6. The monoisotopic (exact) mass is 407 g/mol. The summed E-state index contributed by atoms with van der Waals surface area (Å²) in [6.07, 6.45) is -0.217. The molecule has 5 heteroatoms. The smallest absolute Gasteiger partial charge is 0.410 e. The third-order valence-electron chi connectivity index (χ3n) is 5.27. The molecule has 0 atom stereocenters. The van der Waals surface area contributed by atoms with Crippen LogP contribution in [0, 0.1) is 0 Å². The van der Waals surface area contributed by atoms with E-state index in [-0.39, 0.29) is 12.4 Å². The minimum atomic E-state index is -0.525. The van der Waals surface area contributed by atoms with Crippen LogP contribution in [0.15, 0.2) is 60.2 Å². The number of carbonyl (C=O) groups excluding carboxylic acids is 1. The van der Waals surface area contributed by atoms with Crippen molar-refractivity contribution in [2.24, 2.45) is 0 Å². The fraction of sp³-hybridized carbons (Fsp3) is 0.400. The van der Waals surface area contributed by atoms with Crippen LogP contribution in [0.5, 0.6) is 0 Å². The molecule has 0 aromatic heterocycles. The molecule has 158 valence electrons. The van der Waals surface area contributed by atoms with E-state index in [2.05, 4.69) is 36.4 Å². The zero-order valence-corrected chi connectivity index (χ0v) is 18.1. The lowest BCUT2D eigenvalue weighted by atomic mass is 9.90. The van der Waals surface area contributed by atoms with Crippen LogP contribution in [0.2, 0.25) is 0 Å². The summed E-state index contributed by atoms with van der Waals surface area (Å²) in [5.74, 6) is 0. The quantitative estimate of drug-likeness (QED) is 0.677. The highest BCUT2D eigenvalue weighted by Gasteiger charge is 2.37. The van der Waals surface area contributed by atoms with Gasteiger partial charge in [-0.05, 0) is 62.4 Å². The molecule has 1 amide bonds. The van der Waals surface area contributed by atoms with E-state index in [9.17, 15) is 4.79 Å². The zero-order valence-electron chi connectivity index (χ0n) is 18.1. The minimum absolute atomic E-state index is 0.226. The van der Waals surface area contributed by atoms with Gasteiger partial charge in [0.25, 0.3) is 0 Å². The molecular weight excluding hydrogens is 378 g/mol. The van der Waals surface area contributed by atoms with E-state index in [1.807, 2.05) is 45.9 Å². The molecular formula is C25H29NO4. The Kier molecular flexibility index (Phi) is 5.67. The first-order chi connectivity index (χ1) is 14.3. The van der Waals surface area contributed by atoms with Gasteiger partial charge in [-0.2, -0.15) is 0 Å². The average molecular weight is 408 g/mol. The maximum atomic E-state index is 12.6. The van der Waals surface area contributed by atoms with Gasteiger partial charge in [-0.3, -0.25) is 0 Å². The van der Waals surface area contributed by atoms with Gasteiger partial charge in [0.1, 0.15) is 5.60 Å². The Hall–Kier alpha value is -2.63. The Bertz CT molecular complexity index is 939. The first-order valence-corrected chi connectivity index (χ1v) is 10.5. The van der Waals surface area contributed by atoms with E-state index in [1.165, 1.54) is 16.7 Å². The summed E-state index contributed by atoms with van der Waals surface area (Å²) in [6.45, 7) is 8.56. The van der Waals surface area contributed by atoms with E-state index in [0.717, 1.165) is 17.6 Å². The normalized spacial score (nSPS) is 21.9. The van der Waals surface area contributed by atoms with Crippen molar-refractivity contribution >= 4 is 11.7 Å². The zero-order chi connectivity index (χ0) is 21.3. The summed E-state index contributed by atoms with van der Waals surface area (Å²) in [5.41, 5.74) is 5.14. The fourth-order valence-corrected chi connectivity index (χ4v) is 3.86. The number of benzene rings is 2. The predicted molar refractivity (Wildman–Crippen MR) is 117 cm³/mol.